The average molecular weight is 323 g/mol. The van der Waals surface area contributed by atoms with Crippen LogP contribution in [-0.4, -0.2) is 10.9 Å². The van der Waals surface area contributed by atoms with Crippen LogP contribution in [0.5, 0.6) is 0 Å². The third kappa shape index (κ3) is 3.56. The Labute approximate surface area is 131 Å². The predicted molar refractivity (Wildman–Crippen MR) is 86.4 cm³/mol. The number of aryl methyl sites for hydroxylation is 1. The minimum Gasteiger partial charge on any atom is -0.389 e. The molecule has 108 valence electrons. The Morgan fingerprint density at radius 1 is 1.24 bits per heavy atom. The molecule has 3 nitrogen and oxygen atoms in total. The number of benzene rings is 2. The van der Waals surface area contributed by atoms with Crippen LogP contribution in [0.3, 0.4) is 0 Å². The average Bonchev–Trinajstić information content (AvgIpc) is 2.43. The van der Waals surface area contributed by atoms with E-state index < -0.39 is 5.82 Å². The number of hydrogen-bond donors (Lipinski definition) is 2. The fourth-order valence-electron chi connectivity index (χ4n) is 1.74. The highest BCUT2D eigenvalue weighted by Crippen LogP contribution is 2.20. The van der Waals surface area contributed by atoms with Crippen molar-refractivity contribution < 1.29 is 9.18 Å². The zero-order chi connectivity index (χ0) is 15.6. The second-order valence-corrected chi connectivity index (χ2v) is 5.32. The Bertz CT molecular complexity index is 734. The molecule has 0 saturated heterocycles. The number of amides is 1. The molecule has 0 unspecified atom stereocenters. The highest BCUT2D eigenvalue weighted by molar-refractivity contribution is 7.80. The van der Waals surface area contributed by atoms with Crippen molar-refractivity contribution in [3.8, 4) is 0 Å². The van der Waals surface area contributed by atoms with E-state index in [1.807, 2.05) is 13.0 Å². The van der Waals surface area contributed by atoms with Gasteiger partial charge in [0.25, 0.3) is 5.91 Å². The van der Waals surface area contributed by atoms with Crippen LogP contribution < -0.4 is 11.1 Å². The van der Waals surface area contributed by atoms with Gasteiger partial charge in [-0.3, -0.25) is 4.79 Å². The lowest BCUT2D eigenvalue weighted by Crippen LogP contribution is -2.15. The summed E-state index contributed by atoms with van der Waals surface area (Å²) in [6.07, 6.45) is 0. The first-order valence-electron chi connectivity index (χ1n) is 6.05. The standard InChI is InChI=1S/C15H12ClFN2OS/c1-8-2-3-9(14(18)21)7-13(8)19-15(20)10-4-5-12(17)11(16)6-10/h2-7H,1H3,(H2,18,21)(H,19,20). The molecule has 0 aliphatic rings. The first-order valence-corrected chi connectivity index (χ1v) is 6.84. The maximum atomic E-state index is 13.1. The summed E-state index contributed by atoms with van der Waals surface area (Å²) in [6.45, 7) is 1.84. The molecule has 0 atom stereocenters. The number of thiocarbonyl (C=S) groups is 1. The van der Waals surface area contributed by atoms with Crippen LogP contribution in [0.15, 0.2) is 36.4 Å². The first-order chi connectivity index (χ1) is 9.88. The van der Waals surface area contributed by atoms with Crippen molar-refractivity contribution in [1.29, 1.82) is 0 Å². The lowest BCUT2D eigenvalue weighted by Gasteiger charge is -2.10. The minimum absolute atomic E-state index is 0.101. The van der Waals surface area contributed by atoms with Gasteiger partial charge in [-0.2, -0.15) is 0 Å². The van der Waals surface area contributed by atoms with E-state index in [-0.39, 0.29) is 21.5 Å². The van der Waals surface area contributed by atoms with E-state index in [4.69, 9.17) is 29.6 Å². The van der Waals surface area contributed by atoms with Crippen LogP contribution in [0.2, 0.25) is 5.02 Å². The molecule has 0 aromatic heterocycles. The summed E-state index contributed by atoms with van der Waals surface area (Å²) in [5.74, 6) is -0.958. The molecule has 0 aliphatic heterocycles. The summed E-state index contributed by atoms with van der Waals surface area (Å²) >= 11 is 10.6. The molecule has 2 rings (SSSR count). The summed E-state index contributed by atoms with van der Waals surface area (Å²) in [6, 6.07) is 9.07. The van der Waals surface area contributed by atoms with Gasteiger partial charge in [0.05, 0.1) is 5.02 Å². The van der Waals surface area contributed by atoms with Crippen molar-refractivity contribution >= 4 is 40.4 Å². The van der Waals surface area contributed by atoms with Crippen LogP contribution >= 0.6 is 23.8 Å². The Morgan fingerprint density at radius 2 is 1.90 bits per heavy atom. The largest absolute Gasteiger partial charge is 0.389 e. The van der Waals surface area contributed by atoms with Gasteiger partial charge >= 0.3 is 0 Å². The van der Waals surface area contributed by atoms with Gasteiger partial charge < -0.3 is 11.1 Å². The Balaban J connectivity index is 2.28. The van der Waals surface area contributed by atoms with Gasteiger partial charge in [0.2, 0.25) is 0 Å². The summed E-state index contributed by atoms with van der Waals surface area (Å²) in [5, 5.41) is 2.63. The number of nitrogens with two attached hydrogens (primary N) is 1. The van der Waals surface area contributed by atoms with Crippen LogP contribution in [0, 0.1) is 12.7 Å². The van der Waals surface area contributed by atoms with Gasteiger partial charge in [-0.15, -0.1) is 0 Å². The number of hydrogen-bond acceptors (Lipinski definition) is 2. The molecule has 2 aromatic carbocycles. The fraction of sp³-hybridized carbons (Fsp3) is 0.0667. The van der Waals surface area contributed by atoms with Crippen molar-refractivity contribution in [2.24, 2.45) is 5.73 Å². The Morgan fingerprint density at radius 3 is 2.52 bits per heavy atom. The molecule has 0 radical (unpaired) electrons. The maximum absolute atomic E-state index is 13.1. The summed E-state index contributed by atoms with van der Waals surface area (Å²) in [4.78, 5) is 12.4. The van der Waals surface area contributed by atoms with Crippen molar-refractivity contribution in [2.75, 3.05) is 5.32 Å². The van der Waals surface area contributed by atoms with Crippen LogP contribution in [0.4, 0.5) is 10.1 Å². The Hall–Kier alpha value is -1.98. The van der Waals surface area contributed by atoms with E-state index in [1.165, 1.54) is 12.1 Å². The molecule has 0 fully saturated rings. The predicted octanol–water partition coefficient (Wildman–Crippen LogP) is 3.67. The molecule has 6 heteroatoms. The highest BCUT2D eigenvalue weighted by atomic mass is 35.5. The number of anilines is 1. The molecular formula is C15H12ClFN2OS. The second-order valence-electron chi connectivity index (χ2n) is 4.48. The number of carbonyl (C=O) groups excluding carboxylic acids is 1. The fourth-order valence-corrected chi connectivity index (χ4v) is 2.05. The topological polar surface area (TPSA) is 55.1 Å². The summed E-state index contributed by atoms with van der Waals surface area (Å²) < 4.78 is 13.1. The van der Waals surface area contributed by atoms with Crippen LogP contribution in [0.1, 0.15) is 21.5 Å². The number of rotatable bonds is 3. The molecule has 2 aromatic rings. The van der Waals surface area contributed by atoms with E-state index in [1.54, 1.807) is 12.1 Å². The molecule has 0 spiro atoms. The summed E-state index contributed by atoms with van der Waals surface area (Å²) in [5.41, 5.74) is 7.94. The lowest BCUT2D eigenvalue weighted by atomic mass is 10.1. The lowest BCUT2D eigenvalue weighted by molar-refractivity contribution is 0.102. The van der Waals surface area contributed by atoms with Gasteiger partial charge in [-0.05, 0) is 36.8 Å². The SMILES string of the molecule is Cc1ccc(C(N)=S)cc1NC(=O)c1ccc(F)c(Cl)c1. The van der Waals surface area contributed by atoms with E-state index in [0.29, 0.717) is 11.3 Å². The molecular weight excluding hydrogens is 311 g/mol. The number of nitrogens with one attached hydrogen (secondary N) is 1. The second kappa shape index (κ2) is 6.20. The first kappa shape index (κ1) is 15.4. The minimum atomic E-state index is -0.570. The molecule has 0 saturated carbocycles. The summed E-state index contributed by atoms with van der Waals surface area (Å²) in [7, 11) is 0. The molecule has 0 bridgehead atoms. The smallest absolute Gasteiger partial charge is 0.255 e. The van der Waals surface area contributed by atoms with Crippen molar-refractivity contribution in [3.63, 3.8) is 0 Å². The van der Waals surface area contributed by atoms with Crippen molar-refractivity contribution in [3.05, 3.63) is 63.9 Å². The van der Waals surface area contributed by atoms with E-state index in [0.717, 1.165) is 11.6 Å². The third-order valence-electron chi connectivity index (χ3n) is 2.95. The normalized spacial score (nSPS) is 10.2. The number of carbonyl (C=O) groups is 1. The monoisotopic (exact) mass is 322 g/mol. The van der Waals surface area contributed by atoms with Crippen LogP contribution in [-0.2, 0) is 0 Å². The van der Waals surface area contributed by atoms with Crippen LogP contribution in [0.25, 0.3) is 0 Å². The molecule has 3 N–H and O–H groups in total. The van der Waals surface area contributed by atoms with E-state index >= 15 is 0 Å². The maximum Gasteiger partial charge on any atom is 0.255 e. The molecule has 1 amide bonds. The van der Waals surface area contributed by atoms with Crippen molar-refractivity contribution in [2.45, 2.75) is 6.92 Å². The zero-order valence-corrected chi connectivity index (χ0v) is 12.7. The quantitative estimate of drug-likeness (QED) is 0.848. The van der Waals surface area contributed by atoms with E-state index in [2.05, 4.69) is 5.32 Å². The number of halogens is 2. The van der Waals surface area contributed by atoms with Crippen molar-refractivity contribution in [1.82, 2.24) is 0 Å². The van der Waals surface area contributed by atoms with E-state index in [9.17, 15) is 9.18 Å². The van der Waals surface area contributed by atoms with Gasteiger partial charge in [0.1, 0.15) is 10.8 Å². The zero-order valence-electron chi connectivity index (χ0n) is 11.1. The van der Waals surface area contributed by atoms with Gasteiger partial charge in [-0.1, -0.05) is 36.0 Å². The Kier molecular flexibility index (Phi) is 4.55. The van der Waals surface area contributed by atoms with Gasteiger partial charge in [0, 0.05) is 16.8 Å². The third-order valence-corrected chi connectivity index (χ3v) is 3.48. The van der Waals surface area contributed by atoms with Gasteiger partial charge in [-0.25, -0.2) is 4.39 Å². The molecule has 0 heterocycles. The molecule has 21 heavy (non-hydrogen) atoms. The molecule has 0 aliphatic carbocycles. The van der Waals surface area contributed by atoms with Gasteiger partial charge in [0.15, 0.2) is 0 Å². The highest BCUT2D eigenvalue weighted by Gasteiger charge is 2.11.